The van der Waals surface area contributed by atoms with E-state index in [-0.39, 0.29) is 17.9 Å². The molecule has 4 rings (SSSR count). The molecule has 1 saturated heterocycles. The Kier molecular flexibility index (Phi) is 6.20. The van der Waals surface area contributed by atoms with Crippen LogP contribution in [0.25, 0.3) is 0 Å². The standard InChI is InChI=1S/C23H32N2O4/c1-28-12-13-29-17-21(26)24-10-8-23(9-11-24)14-19-4-2-3-5-20(19)16-25(22(23)27)15-18-6-7-18/h2-5,18H,6-17H2,1H3. The normalized spacial score (nSPS) is 21.2. The third-order valence-electron chi connectivity index (χ3n) is 6.66. The number of carbonyl (C=O) groups excluding carboxylic acids is 2. The molecule has 2 heterocycles. The number of fused-ring (bicyclic) bond motifs is 1. The molecule has 0 unspecified atom stereocenters. The highest BCUT2D eigenvalue weighted by Gasteiger charge is 2.47. The molecule has 29 heavy (non-hydrogen) atoms. The minimum Gasteiger partial charge on any atom is -0.382 e. The van der Waals surface area contributed by atoms with E-state index in [9.17, 15) is 9.59 Å². The molecule has 3 aliphatic rings. The predicted molar refractivity (Wildman–Crippen MR) is 109 cm³/mol. The molecule has 1 aromatic carbocycles. The summed E-state index contributed by atoms with van der Waals surface area (Å²) in [5.41, 5.74) is 2.19. The van der Waals surface area contributed by atoms with Crippen molar-refractivity contribution < 1.29 is 19.1 Å². The van der Waals surface area contributed by atoms with E-state index in [2.05, 4.69) is 29.2 Å². The van der Waals surface area contributed by atoms with Gasteiger partial charge in [-0.1, -0.05) is 24.3 Å². The lowest BCUT2D eigenvalue weighted by Gasteiger charge is -2.42. The van der Waals surface area contributed by atoms with Crippen LogP contribution in [0.15, 0.2) is 24.3 Å². The van der Waals surface area contributed by atoms with Gasteiger partial charge in [0.1, 0.15) is 6.61 Å². The van der Waals surface area contributed by atoms with Crippen LogP contribution in [0.4, 0.5) is 0 Å². The molecule has 0 N–H and O–H groups in total. The molecule has 1 aliphatic carbocycles. The highest BCUT2D eigenvalue weighted by Crippen LogP contribution is 2.42. The van der Waals surface area contributed by atoms with Crippen LogP contribution >= 0.6 is 0 Å². The van der Waals surface area contributed by atoms with Gasteiger partial charge in [-0.25, -0.2) is 0 Å². The molecule has 158 valence electrons. The van der Waals surface area contributed by atoms with Gasteiger partial charge in [-0.3, -0.25) is 9.59 Å². The zero-order valence-electron chi connectivity index (χ0n) is 17.4. The van der Waals surface area contributed by atoms with Crippen molar-refractivity contribution >= 4 is 11.8 Å². The highest BCUT2D eigenvalue weighted by atomic mass is 16.5. The molecule has 1 saturated carbocycles. The van der Waals surface area contributed by atoms with E-state index >= 15 is 0 Å². The summed E-state index contributed by atoms with van der Waals surface area (Å²) in [6.45, 7) is 3.84. The molecule has 0 radical (unpaired) electrons. The number of benzene rings is 1. The Bertz CT molecular complexity index is 738. The predicted octanol–water partition coefficient (Wildman–Crippen LogP) is 2.25. The van der Waals surface area contributed by atoms with E-state index in [4.69, 9.17) is 9.47 Å². The van der Waals surface area contributed by atoms with Crippen molar-refractivity contribution in [3.63, 3.8) is 0 Å². The number of hydrogen-bond acceptors (Lipinski definition) is 4. The van der Waals surface area contributed by atoms with Crippen molar-refractivity contribution in [2.45, 2.75) is 38.6 Å². The van der Waals surface area contributed by atoms with Crippen molar-refractivity contribution in [3.8, 4) is 0 Å². The Morgan fingerprint density at radius 2 is 1.86 bits per heavy atom. The van der Waals surface area contributed by atoms with Gasteiger partial charge in [-0.05, 0) is 49.1 Å². The van der Waals surface area contributed by atoms with Gasteiger partial charge in [0.2, 0.25) is 11.8 Å². The molecular weight excluding hydrogens is 368 g/mol. The van der Waals surface area contributed by atoms with Crippen LogP contribution in [0.3, 0.4) is 0 Å². The Labute approximate surface area is 173 Å². The van der Waals surface area contributed by atoms with Crippen molar-refractivity contribution in [1.82, 2.24) is 9.80 Å². The maximum Gasteiger partial charge on any atom is 0.248 e. The topological polar surface area (TPSA) is 59.1 Å². The fourth-order valence-electron chi connectivity index (χ4n) is 4.66. The number of hydrogen-bond donors (Lipinski definition) is 0. The van der Waals surface area contributed by atoms with Gasteiger partial charge in [0.05, 0.1) is 18.6 Å². The quantitative estimate of drug-likeness (QED) is 0.659. The first kappa shape index (κ1) is 20.4. The minimum atomic E-state index is -0.380. The first-order valence-electron chi connectivity index (χ1n) is 10.8. The van der Waals surface area contributed by atoms with Gasteiger partial charge < -0.3 is 19.3 Å². The Hall–Kier alpha value is -1.92. The Morgan fingerprint density at radius 1 is 1.14 bits per heavy atom. The number of ether oxygens (including phenoxy) is 2. The maximum absolute atomic E-state index is 13.7. The van der Waals surface area contributed by atoms with Gasteiger partial charge in [0, 0.05) is 33.3 Å². The summed E-state index contributed by atoms with van der Waals surface area (Å²) in [5, 5.41) is 0. The third-order valence-corrected chi connectivity index (χ3v) is 6.66. The average molecular weight is 401 g/mol. The smallest absolute Gasteiger partial charge is 0.248 e. The van der Waals surface area contributed by atoms with Crippen LogP contribution in [-0.2, 0) is 32.0 Å². The zero-order chi connectivity index (χ0) is 20.3. The summed E-state index contributed by atoms with van der Waals surface area (Å²) < 4.78 is 10.3. The van der Waals surface area contributed by atoms with E-state index in [1.54, 1.807) is 7.11 Å². The number of methoxy groups -OCH3 is 1. The maximum atomic E-state index is 13.7. The number of rotatable bonds is 7. The number of amides is 2. The van der Waals surface area contributed by atoms with Gasteiger partial charge in [-0.15, -0.1) is 0 Å². The van der Waals surface area contributed by atoms with Gasteiger partial charge in [0.15, 0.2) is 0 Å². The number of carbonyl (C=O) groups is 2. The summed E-state index contributed by atoms with van der Waals surface area (Å²) in [4.78, 5) is 30.1. The van der Waals surface area contributed by atoms with Crippen molar-refractivity contribution in [2.75, 3.05) is 46.6 Å². The second kappa shape index (κ2) is 8.84. The molecule has 0 atom stereocenters. The summed E-state index contributed by atoms with van der Waals surface area (Å²) in [7, 11) is 1.61. The van der Waals surface area contributed by atoms with E-state index in [0.717, 1.165) is 32.4 Å². The third kappa shape index (κ3) is 4.64. The molecule has 1 spiro atoms. The van der Waals surface area contributed by atoms with Crippen molar-refractivity contribution in [2.24, 2.45) is 11.3 Å². The first-order valence-corrected chi connectivity index (χ1v) is 10.8. The lowest BCUT2D eigenvalue weighted by molar-refractivity contribution is -0.150. The zero-order valence-corrected chi connectivity index (χ0v) is 17.4. The summed E-state index contributed by atoms with van der Waals surface area (Å²) in [6, 6.07) is 8.48. The van der Waals surface area contributed by atoms with Crippen LogP contribution in [0.5, 0.6) is 0 Å². The van der Waals surface area contributed by atoms with Gasteiger partial charge in [0.25, 0.3) is 0 Å². The van der Waals surface area contributed by atoms with Crippen LogP contribution in [-0.4, -0.2) is 68.2 Å². The monoisotopic (exact) mass is 400 g/mol. The minimum absolute atomic E-state index is 0.00672. The molecule has 0 aromatic heterocycles. The summed E-state index contributed by atoms with van der Waals surface area (Å²) in [5.74, 6) is 0.975. The van der Waals surface area contributed by atoms with E-state index in [0.29, 0.717) is 38.1 Å². The molecule has 6 heteroatoms. The Morgan fingerprint density at radius 3 is 2.55 bits per heavy atom. The Balaban J connectivity index is 1.45. The molecule has 2 aliphatic heterocycles. The van der Waals surface area contributed by atoms with E-state index in [1.165, 1.54) is 24.0 Å². The molecule has 0 bridgehead atoms. The SMILES string of the molecule is COCCOCC(=O)N1CCC2(CC1)Cc1ccccc1CN(CC1CC1)C2=O. The number of nitrogens with zero attached hydrogens (tertiary/aromatic N) is 2. The fraction of sp³-hybridized carbons (Fsp3) is 0.652. The van der Waals surface area contributed by atoms with Crippen LogP contribution in [0, 0.1) is 11.3 Å². The molecular formula is C23H32N2O4. The molecule has 1 aromatic rings. The summed E-state index contributed by atoms with van der Waals surface area (Å²) >= 11 is 0. The highest BCUT2D eigenvalue weighted by molar-refractivity contribution is 5.85. The van der Waals surface area contributed by atoms with E-state index < -0.39 is 0 Å². The van der Waals surface area contributed by atoms with Crippen LogP contribution in [0.2, 0.25) is 0 Å². The van der Waals surface area contributed by atoms with E-state index in [1.807, 2.05) is 4.90 Å². The fourth-order valence-corrected chi connectivity index (χ4v) is 4.66. The average Bonchev–Trinajstić information content (AvgIpc) is 3.56. The van der Waals surface area contributed by atoms with Crippen LogP contribution < -0.4 is 0 Å². The van der Waals surface area contributed by atoms with Crippen molar-refractivity contribution in [1.29, 1.82) is 0 Å². The largest absolute Gasteiger partial charge is 0.382 e. The number of likely N-dealkylation sites (tertiary alicyclic amines) is 1. The lowest BCUT2D eigenvalue weighted by Crippen LogP contribution is -2.52. The number of piperidine rings is 1. The molecule has 2 fully saturated rings. The molecule has 2 amide bonds. The van der Waals surface area contributed by atoms with Crippen LogP contribution in [0.1, 0.15) is 36.8 Å². The second-order valence-electron chi connectivity index (χ2n) is 8.78. The molecule has 6 nitrogen and oxygen atoms in total. The second-order valence-corrected chi connectivity index (χ2v) is 8.78. The first-order chi connectivity index (χ1) is 14.1. The lowest BCUT2D eigenvalue weighted by atomic mass is 9.73. The van der Waals surface area contributed by atoms with Crippen molar-refractivity contribution in [3.05, 3.63) is 35.4 Å². The summed E-state index contributed by atoms with van der Waals surface area (Å²) in [6.07, 6.45) is 4.72. The van der Waals surface area contributed by atoms with Gasteiger partial charge in [-0.2, -0.15) is 0 Å². The van der Waals surface area contributed by atoms with Gasteiger partial charge >= 0.3 is 0 Å².